The molecule has 0 atom stereocenters. The number of carboxylic acid groups (broad SMARTS) is 1. The molecule has 0 aliphatic carbocycles. The van der Waals surface area contributed by atoms with E-state index in [0.717, 1.165) is 0 Å². The Balaban J connectivity index is 1.58. The molecule has 0 fully saturated rings. The molecule has 10 heteroatoms. The number of carboxylic acids is 1. The Morgan fingerprint density at radius 3 is 2.81 bits per heavy atom. The minimum atomic E-state index is -1.11. The number of benzene rings is 1. The Hall–Kier alpha value is -3.20. The predicted octanol–water partition coefficient (Wildman–Crippen LogP) is 2.65. The van der Waals surface area contributed by atoms with Gasteiger partial charge in [-0.2, -0.15) is 10.2 Å². The molecule has 27 heavy (non-hydrogen) atoms. The molecule has 0 aliphatic rings. The highest BCUT2D eigenvalue weighted by Crippen LogP contribution is 2.20. The fraction of sp³-hybridized carbons (Fsp3) is 0.176. The SMILES string of the molecule is O=C(CCn1nccc1C(=O)O)Nc1cnn(Cc2c(F)cccc2Cl)c1. The number of carbonyl (C=O) groups excluding carboxylic acids is 1. The van der Waals surface area contributed by atoms with Crippen molar-refractivity contribution in [1.82, 2.24) is 19.6 Å². The Labute approximate surface area is 158 Å². The van der Waals surface area contributed by atoms with E-state index in [9.17, 15) is 14.0 Å². The number of hydrogen-bond acceptors (Lipinski definition) is 4. The zero-order valence-electron chi connectivity index (χ0n) is 14.0. The smallest absolute Gasteiger partial charge is 0.354 e. The summed E-state index contributed by atoms with van der Waals surface area (Å²) in [6, 6.07) is 5.78. The average molecular weight is 392 g/mol. The van der Waals surface area contributed by atoms with Crippen LogP contribution >= 0.6 is 11.6 Å². The van der Waals surface area contributed by atoms with Gasteiger partial charge >= 0.3 is 5.97 Å². The van der Waals surface area contributed by atoms with E-state index < -0.39 is 11.8 Å². The summed E-state index contributed by atoms with van der Waals surface area (Å²) in [5, 5.41) is 19.9. The van der Waals surface area contributed by atoms with Crippen molar-refractivity contribution in [3.8, 4) is 0 Å². The standard InChI is InChI=1S/C17H15ClFN5O3/c18-13-2-1-3-14(19)12(13)10-23-9-11(8-21-23)22-16(25)5-7-24-15(17(26)27)4-6-20-24/h1-4,6,8-9H,5,7,10H2,(H,22,25)(H,26,27). The van der Waals surface area contributed by atoms with Gasteiger partial charge in [0.25, 0.3) is 0 Å². The Morgan fingerprint density at radius 2 is 2.07 bits per heavy atom. The molecule has 0 bridgehead atoms. The fourth-order valence-electron chi connectivity index (χ4n) is 2.48. The van der Waals surface area contributed by atoms with Crippen LogP contribution in [0, 0.1) is 5.82 Å². The Morgan fingerprint density at radius 1 is 1.26 bits per heavy atom. The first kappa shape index (κ1) is 18.6. The summed E-state index contributed by atoms with van der Waals surface area (Å²) in [5.41, 5.74) is 0.754. The summed E-state index contributed by atoms with van der Waals surface area (Å²) in [4.78, 5) is 23.1. The number of amides is 1. The number of aromatic nitrogens is 4. The molecular formula is C17H15ClFN5O3. The summed E-state index contributed by atoms with van der Waals surface area (Å²) in [5.74, 6) is -1.87. The molecule has 0 saturated carbocycles. The van der Waals surface area contributed by atoms with Crippen LogP contribution in [0.2, 0.25) is 5.02 Å². The molecule has 8 nitrogen and oxygen atoms in total. The van der Waals surface area contributed by atoms with Crippen molar-refractivity contribution in [3.05, 3.63) is 65.0 Å². The monoisotopic (exact) mass is 391 g/mol. The quantitative estimate of drug-likeness (QED) is 0.644. The van der Waals surface area contributed by atoms with Crippen molar-refractivity contribution < 1.29 is 19.1 Å². The molecule has 2 N–H and O–H groups in total. The van der Waals surface area contributed by atoms with Gasteiger partial charge in [0.2, 0.25) is 5.91 Å². The van der Waals surface area contributed by atoms with E-state index in [-0.39, 0.29) is 31.1 Å². The minimum absolute atomic E-state index is 0.0115. The number of aryl methyl sites for hydroxylation is 1. The van der Waals surface area contributed by atoms with Crippen molar-refractivity contribution in [2.24, 2.45) is 0 Å². The van der Waals surface area contributed by atoms with Crippen LogP contribution in [0.1, 0.15) is 22.5 Å². The molecule has 0 radical (unpaired) electrons. The van der Waals surface area contributed by atoms with Crippen LogP contribution in [0.5, 0.6) is 0 Å². The lowest BCUT2D eigenvalue weighted by atomic mass is 10.2. The zero-order chi connectivity index (χ0) is 19.4. The molecule has 0 unspecified atom stereocenters. The van der Waals surface area contributed by atoms with Gasteiger partial charge in [0.15, 0.2) is 0 Å². The number of nitrogens with zero attached hydrogens (tertiary/aromatic N) is 4. The molecule has 140 valence electrons. The molecule has 0 aliphatic heterocycles. The molecule has 3 rings (SSSR count). The number of nitrogens with one attached hydrogen (secondary N) is 1. The van der Waals surface area contributed by atoms with Crippen molar-refractivity contribution >= 4 is 29.2 Å². The van der Waals surface area contributed by atoms with Gasteiger partial charge in [-0.3, -0.25) is 14.2 Å². The second kappa shape index (κ2) is 8.00. The van der Waals surface area contributed by atoms with Gasteiger partial charge in [0, 0.05) is 29.4 Å². The van der Waals surface area contributed by atoms with Gasteiger partial charge in [-0.25, -0.2) is 9.18 Å². The van der Waals surface area contributed by atoms with E-state index in [1.165, 1.54) is 40.0 Å². The summed E-state index contributed by atoms with van der Waals surface area (Å²) in [6.45, 7) is 0.246. The van der Waals surface area contributed by atoms with Gasteiger partial charge in [0.1, 0.15) is 11.5 Å². The van der Waals surface area contributed by atoms with Gasteiger partial charge in [0.05, 0.1) is 25.0 Å². The lowest BCUT2D eigenvalue weighted by molar-refractivity contribution is -0.116. The molecule has 1 aromatic carbocycles. The normalized spacial score (nSPS) is 10.7. The topological polar surface area (TPSA) is 102 Å². The van der Waals surface area contributed by atoms with Crippen molar-refractivity contribution in [2.75, 3.05) is 5.32 Å². The van der Waals surface area contributed by atoms with Gasteiger partial charge in [-0.1, -0.05) is 17.7 Å². The number of hydrogen-bond donors (Lipinski definition) is 2. The maximum absolute atomic E-state index is 13.8. The van der Waals surface area contributed by atoms with E-state index in [1.807, 2.05) is 0 Å². The maximum atomic E-state index is 13.8. The summed E-state index contributed by atoms with van der Waals surface area (Å²) in [6.07, 6.45) is 4.38. The van der Waals surface area contributed by atoms with E-state index in [1.54, 1.807) is 12.3 Å². The Kier molecular flexibility index (Phi) is 5.51. The average Bonchev–Trinajstić information content (AvgIpc) is 3.25. The van der Waals surface area contributed by atoms with Crippen LogP contribution < -0.4 is 5.32 Å². The second-order valence-corrected chi connectivity index (χ2v) is 6.08. The van der Waals surface area contributed by atoms with Crippen LogP contribution in [-0.2, 0) is 17.9 Å². The zero-order valence-corrected chi connectivity index (χ0v) is 14.7. The second-order valence-electron chi connectivity index (χ2n) is 5.67. The molecule has 2 aromatic heterocycles. The number of aromatic carboxylic acids is 1. The van der Waals surface area contributed by atoms with Crippen LogP contribution in [0.3, 0.4) is 0 Å². The van der Waals surface area contributed by atoms with E-state index in [0.29, 0.717) is 16.3 Å². The largest absolute Gasteiger partial charge is 0.477 e. The fourth-order valence-corrected chi connectivity index (χ4v) is 2.71. The molecular weight excluding hydrogens is 377 g/mol. The first-order valence-corrected chi connectivity index (χ1v) is 8.32. The minimum Gasteiger partial charge on any atom is -0.477 e. The van der Waals surface area contributed by atoms with E-state index in [2.05, 4.69) is 15.5 Å². The van der Waals surface area contributed by atoms with E-state index in [4.69, 9.17) is 16.7 Å². The first-order valence-electron chi connectivity index (χ1n) is 7.94. The van der Waals surface area contributed by atoms with Crippen molar-refractivity contribution in [1.29, 1.82) is 0 Å². The summed E-state index contributed by atoms with van der Waals surface area (Å²) in [7, 11) is 0. The van der Waals surface area contributed by atoms with Gasteiger partial charge in [-0.15, -0.1) is 0 Å². The van der Waals surface area contributed by atoms with Crippen molar-refractivity contribution in [2.45, 2.75) is 19.5 Å². The molecule has 0 spiro atoms. The summed E-state index contributed by atoms with van der Waals surface area (Å²) < 4.78 is 16.5. The highest BCUT2D eigenvalue weighted by Gasteiger charge is 2.13. The highest BCUT2D eigenvalue weighted by molar-refractivity contribution is 6.31. The first-order chi connectivity index (χ1) is 12.9. The van der Waals surface area contributed by atoms with Gasteiger partial charge < -0.3 is 10.4 Å². The van der Waals surface area contributed by atoms with E-state index >= 15 is 0 Å². The number of carbonyl (C=O) groups is 2. The van der Waals surface area contributed by atoms with Crippen LogP contribution in [0.4, 0.5) is 10.1 Å². The molecule has 3 aromatic rings. The predicted molar refractivity (Wildman–Crippen MR) is 95.2 cm³/mol. The number of halogens is 2. The lowest BCUT2D eigenvalue weighted by Gasteiger charge is -2.06. The number of rotatable bonds is 7. The van der Waals surface area contributed by atoms with Crippen LogP contribution in [0.25, 0.3) is 0 Å². The lowest BCUT2D eigenvalue weighted by Crippen LogP contribution is -2.17. The highest BCUT2D eigenvalue weighted by atomic mass is 35.5. The van der Waals surface area contributed by atoms with Crippen molar-refractivity contribution in [3.63, 3.8) is 0 Å². The third kappa shape index (κ3) is 4.50. The van der Waals surface area contributed by atoms with Crippen LogP contribution in [-0.4, -0.2) is 36.5 Å². The third-order valence-corrected chi connectivity index (χ3v) is 4.14. The molecule has 1 amide bonds. The Bertz CT molecular complexity index is 964. The summed E-state index contributed by atoms with van der Waals surface area (Å²) >= 11 is 5.99. The van der Waals surface area contributed by atoms with Gasteiger partial charge in [-0.05, 0) is 18.2 Å². The third-order valence-electron chi connectivity index (χ3n) is 3.79. The molecule has 2 heterocycles. The number of anilines is 1. The molecule has 0 saturated heterocycles. The maximum Gasteiger partial charge on any atom is 0.354 e. The van der Waals surface area contributed by atoms with Crippen LogP contribution in [0.15, 0.2) is 42.9 Å².